The molecule has 0 spiro atoms. The van der Waals surface area contributed by atoms with E-state index in [0.29, 0.717) is 28.7 Å². The molecule has 8 nitrogen and oxygen atoms in total. The molecular weight excluding hydrogens is 472 g/mol. The number of benzene rings is 1. The van der Waals surface area contributed by atoms with Crippen molar-refractivity contribution >= 4 is 23.2 Å². The molecule has 0 unspecified atom stereocenters. The van der Waals surface area contributed by atoms with Crippen LogP contribution in [0.5, 0.6) is 5.75 Å². The lowest BCUT2D eigenvalue weighted by atomic mass is 10.2. The first-order chi connectivity index (χ1) is 16.4. The third-order valence-corrected chi connectivity index (χ3v) is 4.36. The Morgan fingerprint density at radius 1 is 1.17 bits per heavy atom. The Hall–Kier alpha value is -3.83. The summed E-state index contributed by atoms with van der Waals surface area (Å²) in [5.41, 5.74) is -0.0565. The van der Waals surface area contributed by atoms with Crippen molar-refractivity contribution in [1.82, 2.24) is 15.3 Å². The second-order valence-electron chi connectivity index (χ2n) is 8.46. The van der Waals surface area contributed by atoms with Gasteiger partial charge in [0.1, 0.15) is 29.2 Å². The van der Waals surface area contributed by atoms with E-state index >= 15 is 0 Å². The van der Waals surface area contributed by atoms with Gasteiger partial charge in [-0.15, -0.1) is 0 Å². The summed E-state index contributed by atoms with van der Waals surface area (Å²) in [6.07, 6.45) is -3.70. The zero-order valence-corrected chi connectivity index (χ0v) is 19.2. The third kappa shape index (κ3) is 7.87. The van der Waals surface area contributed by atoms with Gasteiger partial charge in [0.15, 0.2) is 5.58 Å². The summed E-state index contributed by atoms with van der Waals surface area (Å²) in [5, 5.41) is 5.33. The normalized spacial score (nSPS) is 12.5. The van der Waals surface area contributed by atoms with Crippen molar-refractivity contribution in [2.75, 3.05) is 18.5 Å². The maximum absolute atomic E-state index is 13.2. The molecule has 0 saturated heterocycles. The van der Waals surface area contributed by atoms with Gasteiger partial charge in [-0.1, -0.05) is 6.07 Å². The van der Waals surface area contributed by atoms with Crippen LogP contribution in [0.2, 0.25) is 0 Å². The fourth-order valence-corrected chi connectivity index (χ4v) is 2.74. The average Bonchev–Trinajstić information content (AvgIpc) is 3.18. The van der Waals surface area contributed by atoms with Gasteiger partial charge in [0.2, 0.25) is 0 Å². The van der Waals surface area contributed by atoms with Crippen LogP contribution < -0.4 is 15.4 Å². The molecule has 2 aromatic heterocycles. The fraction of sp³-hybridized carbons (Fsp3) is 0.348. The van der Waals surface area contributed by atoms with Crippen molar-refractivity contribution in [3.05, 3.63) is 59.7 Å². The van der Waals surface area contributed by atoms with Crippen molar-refractivity contribution in [2.24, 2.45) is 0 Å². The molecule has 0 aliphatic carbocycles. The molecule has 0 saturated carbocycles. The number of aromatic nitrogens is 2. The number of alkyl halides is 3. The number of amides is 1. The summed E-state index contributed by atoms with van der Waals surface area (Å²) in [4.78, 5) is 19.4. The summed E-state index contributed by atoms with van der Waals surface area (Å²) in [7, 11) is 0. The number of hydrogen-bond acceptors (Lipinski definition) is 7. The molecule has 1 aromatic carbocycles. The second-order valence-corrected chi connectivity index (χ2v) is 8.46. The van der Waals surface area contributed by atoms with Gasteiger partial charge in [0.25, 0.3) is 6.01 Å². The van der Waals surface area contributed by atoms with Crippen molar-refractivity contribution in [2.45, 2.75) is 39.1 Å². The highest BCUT2D eigenvalue weighted by Gasteiger charge is 2.32. The van der Waals surface area contributed by atoms with Gasteiger partial charge in [-0.3, -0.25) is 4.98 Å². The van der Waals surface area contributed by atoms with Gasteiger partial charge in [-0.25, -0.2) is 9.18 Å². The summed E-state index contributed by atoms with van der Waals surface area (Å²) < 4.78 is 67.3. The number of fused-ring (bicyclic) bond motifs is 1. The Morgan fingerprint density at radius 3 is 2.57 bits per heavy atom. The monoisotopic (exact) mass is 496 g/mol. The molecule has 0 aliphatic rings. The van der Waals surface area contributed by atoms with Gasteiger partial charge < -0.3 is 24.5 Å². The van der Waals surface area contributed by atoms with Crippen LogP contribution in [0.1, 0.15) is 32.0 Å². The quantitative estimate of drug-likeness (QED) is 0.391. The lowest BCUT2D eigenvalue weighted by Gasteiger charge is -2.20. The van der Waals surface area contributed by atoms with E-state index in [1.165, 1.54) is 6.07 Å². The highest BCUT2D eigenvalue weighted by molar-refractivity contribution is 5.76. The third-order valence-electron chi connectivity index (χ3n) is 4.36. The highest BCUT2D eigenvalue weighted by Crippen LogP contribution is 2.28. The molecular formula is C23H24F4N4O4. The number of rotatable bonds is 8. The molecule has 2 heterocycles. The number of carbonyl (C=O) groups excluding carboxylic acids is 1. The molecule has 3 rings (SSSR count). The van der Waals surface area contributed by atoms with Crippen LogP contribution in [0.25, 0.3) is 11.1 Å². The Bertz CT molecular complexity index is 1180. The zero-order chi connectivity index (χ0) is 25.6. The van der Waals surface area contributed by atoms with Gasteiger partial charge >= 0.3 is 12.3 Å². The number of alkyl carbamates (subject to hydrolysis) is 1. The molecule has 188 valence electrons. The molecule has 0 atom stereocenters. The summed E-state index contributed by atoms with van der Waals surface area (Å²) in [6.45, 7) is 5.08. The van der Waals surface area contributed by atoms with E-state index in [4.69, 9.17) is 13.9 Å². The average molecular weight is 496 g/mol. The second kappa shape index (κ2) is 10.6. The van der Waals surface area contributed by atoms with E-state index < -0.39 is 23.6 Å². The maximum Gasteiger partial charge on any atom is 0.433 e. The van der Waals surface area contributed by atoms with Crippen LogP contribution >= 0.6 is 0 Å². The number of oxazole rings is 1. The van der Waals surface area contributed by atoms with Crippen LogP contribution in [0.4, 0.5) is 28.4 Å². The Morgan fingerprint density at radius 2 is 1.94 bits per heavy atom. The highest BCUT2D eigenvalue weighted by atomic mass is 19.4. The largest absolute Gasteiger partial charge is 0.489 e. The first-order valence-electron chi connectivity index (χ1n) is 10.5. The number of nitrogens with one attached hydrogen (secondary N) is 2. The minimum atomic E-state index is -4.50. The minimum Gasteiger partial charge on any atom is -0.489 e. The number of ether oxygens (including phenoxy) is 2. The smallest absolute Gasteiger partial charge is 0.433 e. The Labute approximate surface area is 198 Å². The number of halogens is 4. The molecule has 2 N–H and O–H groups in total. The summed E-state index contributed by atoms with van der Waals surface area (Å²) in [6, 6.07) is 7.18. The molecule has 0 aliphatic heterocycles. The predicted molar refractivity (Wildman–Crippen MR) is 119 cm³/mol. The topological polar surface area (TPSA) is 98.5 Å². The van der Waals surface area contributed by atoms with Crippen LogP contribution in [0.15, 0.2) is 52.8 Å². The van der Waals surface area contributed by atoms with Crippen molar-refractivity contribution < 1.29 is 36.2 Å². The Kier molecular flexibility index (Phi) is 7.82. The van der Waals surface area contributed by atoms with Crippen LogP contribution in [-0.4, -0.2) is 34.8 Å². The summed E-state index contributed by atoms with van der Waals surface area (Å²) >= 11 is 0. The van der Waals surface area contributed by atoms with Crippen molar-refractivity contribution in [1.29, 1.82) is 0 Å². The number of carbonyl (C=O) groups is 1. The van der Waals surface area contributed by atoms with E-state index in [0.717, 1.165) is 12.3 Å². The zero-order valence-electron chi connectivity index (χ0n) is 19.2. The van der Waals surface area contributed by atoms with Crippen molar-refractivity contribution in [3.63, 3.8) is 0 Å². The van der Waals surface area contributed by atoms with Crippen molar-refractivity contribution in [3.8, 4) is 5.75 Å². The van der Waals surface area contributed by atoms with E-state index in [2.05, 4.69) is 20.6 Å². The lowest BCUT2D eigenvalue weighted by molar-refractivity contribution is -0.141. The first-order valence-corrected chi connectivity index (χ1v) is 10.5. The van der Waals surface area contributed by atoms with Crippen LogP contribution in [0.3, 0.4) is 0 Å². The SMILES string of the molecule is CC(C)(C)OC(=O)NCC(=CF)COc1ccc2nc(NCc3ccc(C(F)(F)F)nc3)oc2c1. The number of anilines is 1. The predicted octanol–water partition coefficient (Wildman–Crippen LogP) is 5.61. The van der Waals surface area contributed by atoms with Crippen LogP contribution in [-0.2, 0) is 17.5 Å². The molecule has 0 fully saturated rings. The number of pyridine rings is 1. The van der Waals surface area contributed by atoms with E-state index in [-0.39, 0.29) is 31.3 Å². The Balaban J connectivity index is 1.54. The minimum absolute atomic E-state index is 0.0944. The standard InChI is InChI=1S/C23H24F4N4O4/c1-22(2,3)35-21(32)30-12-15(9-24)13-33-16-5-6-17-18(8-16)34-20(31-17)29-11-14-4-7-19(28-10-14)23(25,26)27/h4-10H,11-13H2,1-3H3,(H,29,31)(H,30,32). The van der Waals surface area contributed by atoms with Gasteiger partial charge in [-0.05, 0) is 44.5 Å². The fourth-order valence-electron chi connectivity index (χ4n) is 2.74. The molecule has 0 bridgehead atoms. The van der Waals surface area contributed by atoms with Gasteiger partial charge in [0.05, 0.1) is 6.33 Å². The maximum atomic E-state index is 13.2. The van der Waals surface area contributed by atoms with E-state index in [1.807, 2.05) is 0 Å². The van der Waals surface area contributed by atoms with E-state index in [9.17, 15) is 22.4 Å². The molecule has 12 heteroatoms. The molecule has 0 radical (unpaired) electrons. The molecule has 3 aromatic rings. The first kappa shape index (κ1) is 25.8. The van der Waals surface area contributed by atoms with Gasteiger partial charge in [-0.2, -0.15) is 18.2 Å². The summed E-state index contributed by atoms with van der Waals surface area (Å²) in [5.74, 6) is 0.378. The van der Waals surface area contributed by atoms with E-state index in [1.54, 1.807) is 39.0 Å². The molecule has 35 heavy (non-hydrogen) atoms. The number of nitrogens with zero attached hydrogens (tertiary/aromatic N) is 2. The number of hydrogen-bond donors (Lipinski definition) is 2. The van der Waals surface area contributed by atoms with Crippen LogP contribution in [0, 0.1) is 0 Å². The molecule has 1 amide bonds. The van der Waals surface area contributed by atoms with Gasteiger partial charge in [0, 0.05) is 30.9 Å². The lowest BCUT2D eigenvalue weighted by Crippen LogP contribution is -2.34.